The second kappa shape index (κ2) is 4.41. The van der Waals surface area contributed by atoms with Gasteiger partial charge in [0.05, 0.1) is 0 Å². The van der Waals surface area contributed by atoms with Gasteiger partial charge >= 0.3 is 0 Å². The van der Waals surface area contributed by atoms with E-state index >= 15 is 0 Å². The maximum atomic E-state index is 10.4. The summed E-state index contributed by atoms with van der Waals surface area (Å²) >= 11 is 5.82. The molecule has 3 nitrogen and oxygen atoms in total. The Labute approximate surface area is 97.6 Å². The van der Waals surface area contributed by atoms with Gasteiger partial charge in [0.1, 0.15) is 5.75 Å². The van der Waals surface area contributed by atoms with Crippen LogP contribution < -0.4 is 4.74 Å². The van der Waals surface area contributed by atoms with Gasteiger partial charge in [0.25, 0.3) is 5.95 Å². The van der Waals surface area contributed by atoms with Crippen molar-refractivity contribution in [3.8, 4) is 11.7 Å². The molecule has 0 aliphatic heterocycles. The number of aldehydes is 1. The molecule has 2 aromatic rings. The van der Waals surface area contributed by atoms with E-state index in [1.807, 2.05) is 6.92 Å². The molecule has 0 saturated heterocycles. The van der Waals surface area contributed by atoms with E-state index in [9.17, 15) is 4.79 Å². The first-order valence-electron chi connectivity index (χ1n) is 4.68. The highest BCUT2D eigenvalue weighted by atomic mass is 35.5. The predicted octanol–water partition coefficient (Wildman–Crippen LogP) is 3.85. The van der Waals surface area contributed by atoms with Crippen LogP contribution in [-0.2, 0) is 0 Å². The summed E-state index contributed by atoms with van der Waals surface area (Å²) in [5.74, 6) is 1.17. The summed E-state index contributed by atoms with van der Waals surface area (Å²) in [7, 11) is 0. The summed E-state index contributed by atoms with van der Waals surface area (Å²) < 4.78 is 10.6. The fraction of sp³-hybridized carbons (Fsp3) is 0.0833. The normalized spacial score (nSPS) is 10.1. The first kappa shape index (κ1) is 10.8. The van der Waals surface area contributed by atoms with Gasteiger partial charge in [-0.3, -0.25) is 4.79 Å². The molecule has 0 bridgehead atoms. The number of rotatable bonds is 3. The molecule has 82 valence electrons. The zero-order valence-electron chi connectivity index (χ0n) is 8.57. The predicted molar refractivity (Wildman–Crippen MR) is 60.4 cm³/mol. The van der Waals surface area contributed by atoms with E-state index in [2.05, 4.69) is 0 Å². The van der Waals surface area contributed by atoms with Gasteiger partial charge in [0, 0.05) is 11.1 Å². The summed E-state index contributed by atoms with van der Waals surface area (Å²) in [4.78, 5) is 10.4. The van der Waals surface area contributed by atoms with E-state index < -0.39 is 0 Å². The number of halogens is 1. The van der Waals surface area contributed by atoms with E-state index in [1.165, 1.54) is 0 Å². The molecular weight excluding hydrogens is 228 g/mol. The minimum absolute atomic E-state index is 0.238. The van der Waals surface area contributed by atoms with Crippen LogP contribution in [0.1, 0.15) is 16.1 Å². The van der Waals surface area contributed by atoms with Gasteiger partial charge < -0.3 is 9.15 Å². The van der Waals surface area contributed by atoms with E-state index in [0.29, 0.717) is 17.1 Å². The van der Waals surface area contributed by atoms with Crippen molar-refractivity contribution in [3.05, 3.63) is 46.7 Å². The number of carbonyl (C=O) groups is 1. The molecule has 1 aromatic heterocycles. The van der Waals surface area contributed by atoms with E-state index in [-0.39, 0.29) is 11.7 Å². The van der Waals surface area contributed by atoms with Crippen LogP contribution in [-0.4, -0.2) is 6.29 Å². The topological polar surface area (TPSA) is 39.4 Å². The number of ether oxygens (including phenoxy) is 1. The summed E-state index contributed by atoms with van der Waals surface area (Å²) in [6, 6.07) is 8.42. The van der Waals surface area contributed by atoms with Crippen molar-refractivity contribution < 1.29 is 13.9 Å². The lowest BCUT2D eigenvalue weighted by Crippen LogP contribution is -1.85. The van der Waals surface area contributed by atoms with E-state index in [4.69, 9.17) is 20.8 Å². The number of hydrogen-bond donors (Lipinski definition) is 0. The molecule has 0 fully saturated rings. The zero-order valence-corrected chi connectivity index (χ0v) is 9.32. The highest BCUT2D eigenvalue weighted by molar-refractivity contribution is 6.30. The molecule has 1 heterocycles. The van der Waals surface area contributed by atoms with Gasteiger partial charge in [-0.05, 0) is 36.8 Å². The first-order chi connectivity index (χ1) is 7.69. The van der Waals surface area contributed by atoms with Crippen molar-refractivity contribution in [1.82, 2.24) is 0 Å². The van der Waals surface area contributed by atoms with Crippen LogP contribution in [0, 0.1) is 6.92 Å². The highest BCUT2D eigenvalue weighted by Gasteiger charge is 2.06. The van der Waals surface area contributed by atoms with Gasteiger partial charge in [-0.2, -0.15) is 0 Å². The quantitative estimate of drug-likeness (QED) is 0.760. The molecule has 0 atom stereocenters. The summed E-state index contributed by atoms with van der Waals surface area (Å²) in [6.07, 6.45) is 0.627. The maximum Gasteiger partial charge on any atom is 0.290 e. The van der Waals surface area contributed by atoms with Crippen LogP contribution in [0.4, 0.5) is 0 Å². The Hall–Kier alpha value is -1.74. The van der Waals surface area contributed by atoms with E-state index in [0.717, 1.165) is 5.56 Å². The minimum atomic E-state index is 0.238. The maximum absolute atomic E-state index is 10.4. The standard InChI is InChI=1S/C12H9ClO3/c1-8-6-9(13)2-4-11(8)16-12-5-3-10(7-14)15-12/h2-7H,1H3. The molecule has 4 heteroatoms. The number of aryl methyl sites for hydroxylation is 1. The highest BCUT2D eigenvalue weighted by Crippen LogP contribution is 2.28. The van der Waals surface area contributed by atoms with Gasteiger partial charge in [-0.25, -0.2) is 0 Å². The largest absolute Gasteiger partial charge is 0.426 e. The molecule has 0 N–H and O–H groups in total. The Morgan fingerprint density at radius 2 is 2.12 bits per heavy atom. The number of furan rings is 1. The molecule has 0 amide bonds. The average Bonchev–Trinajstić information content (AvgIpc) is 2.70. The fourth-order valence-corrected chi connectivity index (χ4v) is 1.51. The third-order valence-electron chi connectivity index (χ3n) is 2.07. The molecule has 2 rings (SSSR count). The van der Waals surface area contributed by atoms with Crippen LogP contribution in [0.2, 0.25) is 5.02 Å². The van der Waals surface area contributed by atoms with Crippen LogP contribution in [0.25, 0.3) is 0 Å². The third kappa shape index (κ3) is 2.25. The molecule has 16 heavy (non-hydrogen) atoms. The molecule has 0 spiro atoms. The smallest absolute Gasteiger partial charge is 0.290 e. The Bertz CT molecular complexity index is 517. The molecule has 0 aliphatic rings. The first-order valence-corrected chi connectivity index (χ1v) is 5.06. The van der Waals surface area contributed by atoms with Crippen LogP contribution >= 0.6 is 11.6 Å². The Kier molecular flexibility index (Phi) is 2.97. The van der Waals surface area contributed by atoms with Crippen LogP contribution in [0.5, 0.6) is 11.7 Å². The third-order valence-corrected chi connectivity index (χ3v) is 2.30. The molecule has 0 unspecified atom stereocenters. The zero-order chi connectivity index (χ0) is 11.5. The average molecular weight is 237 g/mol. The Morgan fingerprint density at radius 1 is 1.31 bits per heavy atom. The van der Waals surface area contributed by atoms with E-state index in [1.54, 1.807) is 30.3 Å². The van der Waals surface area contributed by atoms with Crippen LogP contribution in [0.3, 0.4) is 0 Å². The van der Waals surface area contributed by atoms with Crippen molar-refractivity contribution >= 4 is 17.9 Å². The second-order valence-electron chi connectivity index (χ2n) is 3.29. The van der Waals surface area contributed by atoms with Crippen molar-refractivity contribution in [3.63, 3.8) is 0 Å². The lowest BCUT2D eigenvalue weighted by atomic mass is 10.2. The minimum Gasteiger partial charge on any atom is -0.426 e. The Balaban J connectivity index is 2.23. The molecule has 0 radical (unpaired) electrons. The number of benzene rings is 1. The van der Waals surface area contributed by atoms with Gasteiger partial charge in [0.15, 0.2) is 12.0 Å². The summed E-state index contributed by atoms with van der Waals surface area (Å²) in [5, 5.41) is 0.651. The number of carbonyl (C=O) groups excluding carboxylic acids is 1. The van der Waals surface area contributed by atoms with Gasteiger partial charge in [-0.1, -0.05) is 11.6 Å². The molecular formula is C12H9ClO3. The molecule has 0 aliphatic carbocycles. The molecule has 0 saturated carbocycles. The van der Waals surface area contributed by atoms with Crippen LogP contribution in [0.15, 0.2) is 34.7 Å². The van der Waals surface area contributed by atoms with Gasteiger partial charge in [-0.15, -0.1) is 0 Å². The van der Waals surface area contributed by atoms with Crippen molar-refractivity contribution in [1.29, 1.82) is 0 Å². The monoisotopic (exact) mass is 236 g/mol. The summed E-state index contributed by atoms with van der Waals surface area (Å²) in [5.41, 5.74) is 0.900. The van der Waals surface area contributed by atoms with Crippen molar-refractivity contribution in [2.24, 2.45) is 0 Å². The SMILES string of the molecule is Cc1cc(Cl)ccc1Oc1ccc(C=O)o1. The number of hydrogen-bond acceptors (Lipinski definition) is 3. The van der Waals surface area contributed by atoms with Crippen molar-refractivity contribution in [2.45, 2.75) is 6.92 Å². The molecule has 1 aromatic carbocycles. The second-order valence-corrected chi connectivity index (χ2v) is 3.72. The van der Waals surface area contributed by atoms with Gasteiger partial charge in [0.2, 0.25) is 0 Å². The lowest BCUT2D eigenvalue weighted by Gasteiger charge is -2.05. The lowest BCUT2D eigenvalue weighted by molar-refractivity contribution is 0.109. The summed E-state index contributed by atoms with van der Waals surface area (Å²) in [6.45, 7) is 1.88. The Morgan fingerprint density at radius 3 is 2.75 bits per heavy atom. The van der Waals surface area contributed by atoms with Crippen molar-refractivity contribution in [2.75, 3.05) is 0 Å². The fourth-order valence-electron chi connectivity index (χ4n) is 1.29.